The van der Waals surface area contributed by atoms with E-state index in [2.05, 4.69) is 10.4 Å². The molecule has 64 valence electrons. The second kappa shape index (κ2) is 3.49. The number of hydroxylamine groups is 1. The Morgan fingerprint density at radius 2 is 2.36 bits per heavy atom. The third kappa shape index (κ3) is 1.90. The smallest absolute Gasteiger partial charge is 0.123 e. The minimum absolute atomic E-state index is 0.649. The van der Waals surface area contributed by atoms with Crippen molar-refractivity contribution in [3.05, 3.63) is 0 Å². The predicted molar refractivity (Wildman–Crippen MR) is 39.6 cm³/mol. The number of rotatable bonds is 0. The summed E-state index contributed by atoms with van der Waals surface area (Å²) in [6, 6.07) is 0. The topological polar surface area (TPSA) is 33.7 Å². The maximum Gasteiger partial charge on any atom is 0.123 e. The largest absolute Gasteiger partial charge is 0.366 e. The molecule has 2 fully saturated rings. The van der Waals surface area contributed by atoms with Crippen LogP contribution >= 0.6 is 0 Å². The highest BCUT2D eigenvalue weighted by atomic mass is 16.7. The number of nitrogens with zero attached hydrogens (tertiary/aromatic N) is 1. The van der Waals surface area contributed by atoms with Gasteiger partial charge in [0.15, 0.2) is 0 Å². The summed E-state index contributed by atoms with van der Waals surface area (Å²) in [7, 11) is 0. The van der Waals surface area contributed by atoms with E-state index in [1.165, 1.54) is 0 Å². The summed E-state index contributed by atoms with van der Waals surface area (Å²) in [4.78, 5) is 7.34. The molecule has 0 aliphatic carbocycles. The first-order chi connectivity index (χ1) is 5.45. The summed E-state index contributed by atoms with van der Waals surface area (Å²) in [5, 5.41) is 0. The molecule has 2 aliphatic heterocycles. The Labute approximate surface area is 66.4 Å². The van der Waals surface area contributed by atoms with Crippen molar-refractivity contribution in [1.29, 1.82) is 0 Å². The lowest BCUT2D eigenvalue weighted by Crippen LogP contribution is -2.29. The molecule has 4 heteroatoms. The molecule has 0 radical (unpaired) electrons. The van der Waals surface area contributed by atoms with Crippen LogP contribution in [0.4, 0.5) is 0 Å². The molecular weight excluding hydrogens is 144 g/mol. The van der Waals surface area contributed by atoms with E-state index < -0.39 is 0 Å². The molecule has 2 unspecified atom stereocenters. The van der Waals surface area contributed by atoms with E-state index in [0.29, 0.717) is 12.6 Å². The van der Waals surface area contributed by atoms with Crippen LogP contribution < -0.4 is 5.48 Å². The standard InChI is InChI=1S/C7H14N2O2/c1-2-10-5-9-4-7(1)3-8-11-6-9/h7-8H,1-6H2. The molecule has 0 aromatic heterocycles. The van der Waals surface area contributed by atoms with Crippen molar-refractivity contribution < 1.29 is 9.57 Å². The molecule has 0 saturated carbocycles. The quantitative estimate of drug-likeness (QED) is 0.528. The van der Waals surface area contributed by atoms with E-state index >= 15 is 0 Å². The van der Waals surface area contributed by atoms with Crippen LogP contribution in [0.1, 0.15) is 6.42 Å². The van der Waals surface area contributed by atoms with Gasteiger partial charge in [0.05, 0.1) is 0 Å². The van der Waals surface area contributed by atoms with Gasteiger partial charge in [0, 0.05) is 19.7 Å². The predicted octanol–water partition coefficient (Wildman–Crippen LogP) is -0.225. The van der Waals surface area contributed by atoms with Crippen LogP contribution in [0, 0.1) is 5.92 Å². The number of hydrogen-bond acceptors (Lipinski definition) is 4. The van der Waals surface area contributed by atoms with E-state index in [9.17, 15) is 0 Å². The maximum atomic E-state index is 5.38. The van der Waals surface area contributed by atoms with E-state index in [1.54, 1.807) is 0 Å². The molecule has 2 bridgehead atoms. The molecule has 2 aliphatic rings. The zero-order valence-electron chi connectivity index (χ0n) is 6.58. The van der Waals surface area contributed by atoms with Crippen molar-refractivity contribution in [1.82, 2.24) is 10.4 Å². The summed E-state index contributed by atoms with van der Waals surface area (Å²) in [5.74, 6) is 0.694. The fourth-order valence-electron chi connectivity index (χ4n) is 1.52. The van der Waals surface area contributed by atoms with Gasteiger partial charge in [-0.15, -0.1) is 0 Å². The number of fused-ring (bicyclic) bond motifs is 2. The summed E-state index contributed by atoms with van der Waals surface area (Å²) < 4.78 is 5.38. The van der Waals surface area contributed by atoms with E-state index in [1.807, 2.05) is 0 Å². The summed E-state index contributed by atoms with van der Waals surface area (Å²) in [6.45, 7) is 4.32. The maximum absolute atomic E-state index is 5.38. The zero-order valence-corrected chi connectivity index (χ0v) is 6.58. The van der Waals surface area contributed by atoms with Gasteiger partial charge in [0.1, 0.15) is 13.5 Å². The van der Waals surface area contributed by atoms with Crippen molar-refractivity contribution in [3.8, 4) is 0 Å². The molecule has 2 rings (SSSR count). The lowest BCUT2D eigenvalue weighted by atomic mass is 10.1. The molecule has 2 saturated heterocycles. The van der Waals surface area contributed by atoms with Gasteiger partial charge < -0.3 is 4.74 Å². The number of nitrogens with one attached hydrogen (secondary N) is 1. The lowest BCUT2D eigenvalue weighted by Gasteiger charge is -2.16. The summed E-state index contributed by atoms with van der Waals surface area (Å²) in [5.41, 5.74) is 2.95. The van der Waals surface area contributed by atoms with Gasteiger partial charge >= 0.3 is 0 Å². The molecule has 4 nitrogen and oxygen atoms in total. The highest BCUT2D eigenvalue weighted by molar-refractivity contribution is 4.68. The molecule has 1 N–H and O–H groups in total. The fourth-order valence-corrected chi connectivity index (χ4v) is 1.52. The van der Waals surface area contributed by atoms with Crippen molar-refractivity contribution in [3.63, 3.8) is 0 Å². The second-order valence-corrected chi connectivity index (χ2v) is 3.17. The Kier molecular flexibility index (Phi) is 2.38. The Bertz CT molecular complexity index is 106. The van der Waals surface area contributed by atoms with Gasteiger partial charge in [-0.05, 0) is 12.3 Å². The van der Waals surface area contributed by atoms with Gasteiger partial charge in [0.25, 0.3) is 0 Å². The van der Waals surface area contributed by atoms with Gasteiger partial charge in [-0.3, -0.25) is 9.74 Å². The van der Waals surface area contributed by atoms with Crippen molar-refractivity contribution in [2.24, 2.45) is 5.92 Å². The van der Waals surface area contributed by atoms with Crippen LogP contribution in [0.25, 0.3) is 0 Å². The average molecular weight is 158 g/mol. The highest BCUT2D eigenvalue weighted by Gasteiger charge is 2.20. The monoisotopic (exact) mass is 158 g/mol. The van der Waals surface area contributed by atoms with Gasteiger partial charge in [-0.25, -0.2) is 5.48 Å². The third-order valence-corrected chi connectivity index (χ3v) is 2.18. The second-order valence-electron chi connectivity index (χ2n) is 3.17. The number of ether oxygens (including phenoxy) is 1. The van der Waals surface area contributed by atoms with Crippen molar-refractivity contribution in [2.45, 2.75) is 6.42 Å². The highest BCUT2D eigenvalue weighted by Crippen LogP contribution is 2.12. The van der Waals surface area contributed by atoms with E-state index in [4.69, 9.17) is 9.57 Å². The van der Waals surface area contributed by atoms with Crippen molar-refractivity contribution in [2.75, 3.05) is 33.2 Å². The van der Waals surface area contributed by atoms with Crippen LogP contribution in [-0.2, 0) is 9.57 Å². The third-order valence-electron chi connectivity index (χ3n) is 2.18. The van der Waals surface area contributed by atoms with Gasteiger partial charge in [0.2, 0.25) is 0 Å². The Hall–Kier alpha value is -0.160. The number of hydrogen-bond donors (Lipinski definition) is 1. The molecule has 0 aromatic carbocycles. The van der Waals surface area contributed by atoms with Crippen LogP contribution in [0.5, 0.6) is 0 Å². The van der Waals surface area contributed by atoms with Crippen molar-refractivity contribution >= 4 is 0 Å². The van der Waals surface area contributed by atoms with Gasteiger partial charge in [-0.2, -0.15) is 0 Å². The molecule has 11 heavy (non-hydrogen) atoms. The Morgan fingerprint density at radius 3 is 3.36 bits per heavy atom. The molecule has 2 atom stereocenters. The van der Waals surface area contributed by atoms with Crippen LogP contribution in [0.2, 0.25) is 0 Å². The van der Waals surface area contributed by atoms with Crippen LogP contribution in [0.15, 0.2) is 0 Å². The summed E-state index contributed by atoms with van der Waals surface area (Å²) >= 11 is 0. The molecule has 0 amide bonds. The Morgan fingerprint density at radius 1 is 1.36 bits per heavy atom. The van der Waals surface area contributed by atoms with Crippen LogP contribution in [-0.4, -0.2) is 38.1 Å². The lowest BCUT2D eigenvalue weighted by molar-refractivity contribution is -0.0588. The fraction of sp³-hybridized carbons (Fsp3) is 1.00. The molecule has 2 heterocycles. The first-order valence-electron chi connectivity index (χ1n) is 4.10. The van der Waals surface area contributed by atoms with Crippen LogP contribution in [0.3, 0.4) is 0 Å². The first kappa shape index (κ1) is 7.49. The first-order valence-corrected chi connectivity index (χ1v) is 4.10. The molecule has 0 spiro atoms. The SMILES string of the molecule is C1CC2CNOCN(CO1)C2. The minimum atomic E-state index is 0.649. The normalized spacial score (nSPS) is 39.3. The van der Waals surface area contributed by atoms with E-state index in [-0.39, 0.29) is 0 Å². The van der Waals surface area contributed by atoms with E-state index in [0.717, 1.165) is 32.8 Å². The molecule has 0 aromatic rings. The Balaban J connectivity index is 1.96. The molecular formula is C7H14N2O2. The average Bonchev–Trinajstić information content (AvgIpc) is 2.36. The van der Waals surface area contributed by atoms with Gasteiger partial charge in [-0.1, -0.05) is 0 Å². The zero-order chi connectivity index (χ0) is 7.52. The summed E-state index contributed by atoms with van der Waals surface area (Å²) in [6.07, 6.45) is 1.15. The minimum Gasteiger partial charge on any atom is -0.366 e.